The van der Waals surface area contributed by atoms with E-state index in [9.17, 15) is 0 Å². The third kappa shape index (κ3) is 2.30. The van der Waals surface area contributed by atoms with Gasteiger partial charge >= 0.3 is 0 Å². The van der Waals surface area contributed by atoms with Crippen molar-refractivity contribution in [2.24, 2.45) is 0 Å². The first-order valence-electron chi connectivity index (χ1n) is 4.57. The van der Waals surface area contributed by atoms with Crippen LogP contribution in [0, 0.1) is 6.92 Å². The van der Waals surface area contributed by atoms with E-state index in [2.05, 4.69) is 13.5 Å². The molecule has 0 aliphatic rings. The average Bonchev–Trinajstić information content (AvgIpc) is 2.20. The van der Waals surface area contributed by atoms with Gasteiger partial charge in [-0.25, -0.2) is 0 Å². The fourth-order valence-electron chi connectivity index (χ4n) is 1.21. The first kappa shape index (κ1) is 11.1. The summed E-state index contributed by atoms with van der Waals surface area (Å²) < 4.78 is 5.38. The van der Waals surface area contributed by atoms with Crippen molar-refractivity contribution >= 4 is 11.6 Å². The lowest BCUT2D eigenvalue weighted by Gasteiger charge is -2.12. The molecule has 1 unspecified atom stereocenters. The Balaban J connectivity index is 3.06. The Bertz CT molecular complexity index is 320. The quantitative estimate of drug-likeness (QED) is 0.685. The Kier molecular flexibility index (Phi) is 4.02. The number of allylic oxidation sites excluding steroid dienone is 1. The molecule has 0 saturated carbocycles. The Morgan fingerprint density at radius 3 is 2.86 bits per heavy atom. The molecule has 0 heterocycles. The van der Waals surface area contributed by atoms with Gasteiger partial charge in [-0.15, -0.1) is 6.58 Å². The molecule has 0 N–H and O–H groups in total. The van der Waals surface area contributed by atoms with Gasteiger partial charge in [-0.05, 0) is 25.5 Å². The molecule has 14 heavy (non-hydrogen) atoms. The Morgan fingerprint density at radius 1 is 1.57 bits per heavy atom. The maximum absolute atomic E-state index is 6.15. The third-order valence-electron chi connectivity index (χ3n) is 1.98. The van der Waals surface area contributed by atoms with E-state index in [1.165, 1.54) is 0 Å². The highest BCUT2D eigenvalue weighted by Crippen LogP contribution is 2.32. The van der Waals surface area contributed by atoms with Crippen LogP contribution in [0.2, 0.25) is 5.02 Å². The van der Waals surface area contributed by atoms with E-state index in [0.29, 0.717) is 17.4 Å². The van der Waals surface area contributed by atoms with Crippen molar-refractivity contribution in [3.05, 3.63) is 48.4 Å². The second-order valence-electron chi connectivity index (χ2n) is 2.93. The molecule has 0 spiro atoms. The summed E-state index contributed by atoms with van der Waals surface area (Å²) in [6, 6.07) is 5.70. The number of halogens is 1. The second kappa shape index (κ2) is 5.06. The van der Waals surface area contributed by atoms with E-state index in [1.807, 2.05) is 25.1 Å². The van der Waals surface area contributed by atoms with Gasteiger partial charge in [-0.3, -0.25) is 0 Å². The van der Waals surface area contributed by atoms with E-state index in [4.69, 9.17) is 16.3 Å². The molecule has 1 aromatic rings. The number of rotatable bonds is 4. The van der Waals surface area contributed by atoms with Gasteiger partial charge in [0.15, 0.2) is 0 Å². The van der Waals surface area contributed by atoms with Crippen LogP contribution in [0.3, 0.4) is 0 Å². The van der Waals surface area contributed by atoms with Crippen LogP contribution >= 0.6 is 11.6 Å². The molecule has 1 atom stereocenters. The van der Waals surface area contributed by atoms with Crippen molar-refractivity contribution < 1.29 is 4.74 Å². The van der Waals surface area contributed by atoms with Crippen LogP contribution in [0.5, 0.6) is 5.75 Å². The molecule has 1 radical (unpaired) electrons. The summed E-state index contributed by atoms with van der Waals surface area (Å²) in [5.41, 5.74) is 0.951. The first-order chi connectivity index (χ1) is 6.70. The molecular formula is C12H14ClO. The fourth-order valence-corrected chi connectivity index (χ4v) is 1.53. The van der Waals surface area contributed by atoms with Crippen molar-refractivity contribution in [1.82, 2.24) is 0 Å². The lowest BCUT2D eigenvalue weighted by atomic mass is 10.0. The van der Waals surface area contributed by atoms with Gasteiger partial charge < -0.3 is 4.74 Å². The minimum Gasteiger partial charge on any atom is -0.492 e. The zero-order valence-corrected chi connectivity index (χ0v) is 9.05. The molecule has 0 aliphatic carbocycles. The van der Waals surface area contributed by atoms with Gasteiger partial charge in [0.1, 0.15) is 5.75 Å². The van der Waals surface area contributed by atoms with Crippen LogP contribution in [-0.4, -0.2) is 6.61 Å². The highest BCUT2D eigenvalue weighted by Gasteiger charge is 2.10. The van der Waals surface area contributed by atoms with Crippen LogP contribution in [0.15, 0.2) is 30.9 Å². The lowest BCUT2D eigenvalue weighted by Crippen LogP contribution is -1.96. The van der Waals surface area contributed by atoms with Gasteiger partial charge in [0.25, 0.3) is 0 Å². The average molecular weight is 210 g/mol. The van der Waals surface area contributed by atoms with Crippen molar-refractivity contribution in [2.45, 2.75) is 12.8 Å². The number of hydrogen-bond donors (Lipinski definition) is 0. The van der Waals surface area contributed by atoms with Gasteiger partial charge in [-0.2, -0.15) is 0 Å². The highest BCUT2D eigenvalue weighted by molar-refractivity contribution is 6.32. The molecule has 1 aromatic carbocycles. The fraction of sp³-hybridized carbons (Fsp3) is 0.250. The number of benzene rings is 1. The van der Waals surface area contributed by atoms with Crippen LogP contribution in [-0.2, 0) is 0 Å². The predicted octanol–water partition coefficient (Wildman–Crippen LogP) is 3.84. The molecule has 75 valence electrons. The van der Waals surface area contributed by atoms with E-state index in [-0.39, 0.29) is 5.92 Å². The van der Waals surface area contributed by atoms with Crippen molar-refractivity contribution in [3.8, 4) is 5.75 Å². The highest BCUT2D eigenvalue weighted by atomic mass is 35.5. The molecular weight excluding hydrogens is 196 g/mol. The zero-order valence-electron chi connectivity index (χ0n) is 8.29. The van der Waals surface area contributed by atoms with Crippen LogP contribution < -0.4 is 4.74 Å². The van der Waals surface area contributed by atoms with Gasteiger partial charge in [0.2, 0.25) is 0 Å². The molecule has 0 aliphatic heterocycles. The molecule has 2 heteroatoms. The normalized spacial score (nSPS) is 12.2. The standard InChI is InChI=1S/C12H14ClO/c1-4-9(3)10-7-6-8-11(12(10)13)14-5-2/h4,6-9H,1,3,5H2,2H3. The topological polar surface area (TPSA) is 9.23 Å². The second-order valence-corrected chi connectivity index (χ2v) is 3.31. The van der Waals surface area contributed by atoms with Crippen molar-refractivity contribution in [2.75, 3.05) is 6.61 Å². The first-order valence-corrected chi connectivity index (χ1v) is 4.95. The SMILES string of the molecule is [CH2]C(C=C)c1cccc(OCC)c1Cl. The lowest BCUT2D eigenvalue weighted by molar-refractivity contribution is 0.340. The zero-order chi connectivity index (χ0) is 10.6. The van der Waals surface area contributed by atoms with E-state index >= 15 is 0 Å². The Morgan fingerprint density at radius 2 is 2.29 bits per heavy atom. The van der Waals surface area contributed by atoms with E-state index in [1.54, 1.807) is 6.08 Å². The van der Waals surface area contributed by atoms with Crippen LogP contribution in [0.25, 0.3) is 0 Å². The minimum absolute atomic E-state index is 0.00269. The molecule has 1 nitrogen and oxygen atoms in total. The van der Waals surface area contributed by atoms with E-state index in [0.717, 1.165) is 5.56 Å². The molecule has 0 amide bonds. The summed E-state index contributed by atoms with van der Waals surface area (Å²) in [6.45, 7) is 10.2. The van der Waals surface area contributed by atoms with E-state index < -0.39 is 0 Å². The molecule has 0 aromatic heterocycles. The Hall–Kier alpha value is -0.950. The third-order valence-corrected chi connectivity index (χ3v) is 2.38. The van der Waals surface area contributed by atoms with Crippen LogP contribution in [0.4, 0.5) is 0 Å². The predicted molar refractivity (Wildman–Crippen MR) is 60.9 cm³/mol. The summed E-state index contributed by atoms with van der Waals surface area (Å²) in [7, 11) is 0. The van der Waals surface area contributed by atoms with Crippen LogP contribution in [0.1, 0.15) is 18.4 Å². The molecule has 0 fully saturated rings. The van der Waals surface area contributed by atoms with Gasteiger partial charge in [-0.1, -0.05) is 29.8 Å². The summed E-state index contributed by atoms with van der Waals surface area (Å²) in [6.07, 6.45) is 1.76. The largest absolute Gasteiger partial charge is 0.492 e. The summed E-state index contributed by atoms with van der Waals surface area (Å²) in [5.74, 6) is 0.713. The summed E-state index contributed by atoms with van der Waals surface area (Å²) in [5, 5.41) is 0.634. The van der Waals surface area contributed by atoms with Gasteiger partial charge in [0.05, 0.1) is 11.6 Å². The Labute approximate surface area is 90.3 Å². The maximum atomic E-state index is 6.15. The van der Waals surface area contributed by atoms with Crippen molar-refractivity contribution in [1.29, 1.82) is 0 Å². The smallest absolute Gasteiger partial charge is 0.138 e. The summed E-state index contributed by atoms with van der Waals surface area (Å²) in [4.78, 5) is 0. The minimum atomic E-state index is 0.00269. The monoisotopic (exact) mass is 209 g/mol. The number of ether oxygens (including phenoxy) is 1. The van der Waals surface area contributed by atoms with Crippen molar-refractivity contribution in [3.63, 3.8) is 0 Å². The molecule has 0 bridgehead atoms. The maximum Gasteiger partial charge on any atom is 0.138 e. The number of hydrogen-bond acceptors (Lipinski definition) is 1. The van der Waals surface area contributed by atoms with Gasteiger partial charge in [0, 0.05) is 5.92 Å². The summed E-state index contributed by atoms with van der Waals surface area (Å²) >= 11 is 6.15. The molecule has 0 saturated heterocycles. The molecule has 1 rings (SSSR count).